The molecule has 0 aliphatic carbocycles. The molecule has 1 heterocycles. The SMILES string of the molecule is COC(=O)[C@@H](CC(C)C)NC(=O)C[NH+]1CCN(S(=O)(=O)c2ccc(C)cc2)CC1. The summed E-state index contributed by atoms with van der Waals surface area (Å²) in [5.74, 6) is -0.441. The van der Waals surface area contributed by atoms with Crippen LogP contribution in [0.5, 0.6) is 0 Å². The van der Waals surface area contributed by atoms with E-state index < -0.39 is 22.0 Å². The summed E-state index contributed by atoms with van der Waals surface area (Å²) >= 11 is 0. The molecule has 0 unspecified atom stereocenters. The van der Waals surface area contributed by atoms with Crippen LogP contribution < -0.4 is 10.2 Å². The molecule has 0 spiro atoms. The number of hydrogen-bond donors (Lipinski definition) is 2. The number of amides is 1. The number of hydrogen-bond acceptors (Lipinski definition) is 5. The molecule has 0 saturated carbocycles. The molecule has 29 heavy (non-hydrogen) atoms. The zero-order valence-corrected chi connectivity index (χ0v) is 18.4. The zero-order chi connectivity index (χ0) is 21.6. The van der Waals surface area contributed by atoms with Crippen LogP contribution in [0.2, 0.25) is 0 Å². The second-order valence-corrected chi connectivity index (χ2v) is 9.85. The van der Waals surface area contributed by atoms with Gasteiger partial charge in [0, 0.05) is 0 Å². The van der Waals surface area contributed by atoms with E-state index in [-0.39, 0.29) is 18.4 Å². The van der Waals surface area contributed by atoms with Crippen molar-refractivity contribution >= 4 is 21.9 Å². The van der Waals surface area contributed by atoms with E-state index in [4.69, 9.17) is 4.74 Å². The largest absolute Gasteiger partial charge is 0.467 e. The lowest BCUT2D eigenvalue weighted by molar-refractivity contribution is -0.895. The Morgan fingerprint density at radius 2 is 1.76 bits per heavy atom. The predicted molar refractivity (Wildman–Crippen MR) is 109 cm³/mol. The summed E-state index contributed by atoms with van der Waals surface area (Å²) in [6.45, 7) is 7.83. The van der Waals surface area contributed by atoms with Crippen LogP contribution in [0.1, 0.15) is 25.8 Å². The Morgan fingerprint density at radius 1 is 1.17 bits per heavy atom. The smallest absolute Gasteiger partial charge is 0.328 e. The average molecular weight is 427 g/mol. The number of rotatable bonds is 8. The fourth-order valence-electron chi connectivity index (χ4n) is 3.38. The number of piperazine rings is 1. The zero-order valence-electron chi connectivity index (χ0n) is 17.6. The van der Waals surface area contributed by atoms with Gasteiger partial charge < -0.3 is 15.0 Å². The summed E-state index contributed by atoms with van der Waals surface area (Å²) < 4.78 is 31.8. The van der Waals surface area contributed by atoms with Crippen molar-refractivity contribution in [3.05, 3.63) is 29.8 Å². The summed E-state index contributed by atoms with van der Waals surface area (Å²) in [6, 6.07) is 6.16. The molecule has 2 rings (SSSR count). The first-order chi connectivity index (χ1) is 13.6. The van der Waals surface area contributed by atoms with E-state index in [1.165, 1.54) is 11.4 Å². The van der Waals surface area contributed by atoms with Crippen molar-refractivity contribution in [2.24, 2.45) is 5.92 Å². The molecular weight excluding hydrogens is 394 g/mol. The molecule has 1 aliphatic rings. The van der Waals surface area contributed by atoms with Gasteiger partial charge >= 0.3 is 5.97 Å². The third kappa shape index (κ3) is 6.52. The molecule has 1 fully saturated rings. The lowest BCUT2D eigenvalue weighted by Crippen LogP contribution is -3.15. The highest BCUT2D eigenvalue weighted by Gasteiger charge is 2.32. The molecule has 1 aromatic rings. The van der Waals surface area contributed by atoms with Crippen molar-refractivity contribution in [2.45, 2.75) is 38.1 Å². The van der Waals surface area contributed by atoms with Gasteiger partial charge in [-0.2, -0.15) is 4.31 Å². The van der Waals surface area contributed by atoms with Gasteiger partial charge in [-0.25, -0.2) is 13.2 Å². The van der Waals surface area contributed by atoms with E-state index >= 15 is 0 Å². The second-order valence-electron chi connectivity index (χ2n) is 7.92. The van der Waals surface area contributed by atoms with E-state index in [1.807, 2.05) is 20.8 Å². The van der Waals surface area contributed by atoms with Crippen LogP contribution in [0, 0.1) is 12.8 Å². The summed E-state index contributed by atoms with van der Waals surface area (Å²) in [5.41, 5.74) is 1.01. The van der Waals surface area contributed by atoms with Gasteiger partial charge in [0.15, 0.2) is 6.54 Å². The Kier molecular flexibility index (Phi) is 8.18. The van der Waals surface area contributed by atoms with Crippen LogP contribution in [-0.2, 0) is 24.3 Å². The average Bonchev–Trinajstić information content (AvgIpc) is 2.67. The minimum absolute atomic E-state index is 0.198. The van der Waals surface area contributed by atoms with E-state index in [0.29, 0.717) is 37.5 Å². The Labute approximate surface area is 173 Å². The van der Waals surface area contributed by atoms with Gasteiger partial charge in [-0.1, -0.05) is 31.5 Å². The molecule has 2 N–H and O–H groups in total. The Balaban J connectivity index is 1.89. The molecule has 1 atom stereocenters. The normalized spacial score (nSPS) is 17.1. The van der Waals surface area contributed by atoms with Crippen molar-refractivity contribution in [1.29, 1.82) is 0 Å². The Morgan fingerprint density at radius 3 is 2.28 bits per heavy atom. The molecule has 0 radical (unpaired) electrons. The first-order valence-corrected chi connectivity index (χ1v) is 11.3. The summed E-state index contributed by atoms with van der Waals surface area (Å²) in [7, 11) is -2.21. The molecule has 1 amide bonds. The molecule has 0 bridgehead atoms. The topological polar surface area (TPSA) is 97.2 Å². The Bertz CT molecular complexity index is 800. The summed E-state index contributed by atoms with van der Waals surface area (Å²) in [5, 5.41) is 2.75. The molecule has 1 aromatic carbocycles. The van der Waals surface area contributed by atoms with E-state index in [9.17, 15) is 18.0 Å². The molecular formula is C20H32N3O5S+. The summed E-state index contributed by atoms with van der Waals surface area (Å²) in [6.07, 6.45) is 0.510. The van der Waals surface area contributed by atoms with Crippen LogP contribution in [0.25, 0.3) is 0 Å². The monoisotopic (exact) mass is 426 g/mol. The van der Waals surface area contributed by atoms with Gasteiger partial charge in [0.2, 0.25) is 10.0 Å². The van der Waals surface area contributed by atoms with Gasteiger partial charge in [-0.05, 0) is 31.4 Å². The number of methoxy groups -OCH3 is 1. The fourth-order valence-corrected chi connectivity index (χ4v) is 4.82. The number of carbonyl (C=O) groups is 2. The third-order valence-corrected chi connectivity index (χ3v) is 6.94. The minimum atomic E-state index is -3.52. The third-order valence-electron chi connectivity index (χ3n) is 5.03. The van der Waals surface area contributed by atoms with Crippen molar-refractivity contribution in [1.82, 2.24) is 9.62 Å². The van der Waals surface area contributed by atoms with Crippen molar-refractivity contribution in [2.75, 3.05) is 39.8 Å². The Hall–Kier alpha value is -1.97. The highest BCUT2D eigenvalue weighted by molar-refractivity contribution is 7.89. The first kappa shape index (κ1) is 23.3. The van der Waals surface area contributed by atoms with Gasteiger partial charge in [0.05, 0.1) is 38.2 Å². The highest BCUT2D eigenvalue weighted by atomic mass is 32.2. The van der Waals surface area contributed by atoms with Gasteiger partial charge in [0.25, 0.3) is 5.91 Å². The number of quaternary nitrogens is 1. The molecule has 162 valence electrons. The number of nitrogens with one attached hydrogen (secondary N) is 2. The van der Waals surface area contributed by atoms with Crippen LogP contribution in [0.3, 0.4) is 0 Å². The number of esters is 1. The lowest BCUT2D eigenvalue weighted by Gasteiger charge is -2.31. The predicted octanol–water partition coefficient (Wildman–Crippen LogP) is -0.412. The lowest BCUT2D eigenvalue weighted by atomic mass is 10.0. The number of sulfonamides is 1. The quantitative estimate of drug-likeness (QED) is 0.551. The van der Waals surface area contributed by atoms with Crippen LogP contribution in [-0.4, -0.2) is 70.5 Å². The first-order valence-electron chi connectivity index (χ1n) is 9.91. The molecule has 9 heteroatoms. The van der Waals surface area contributed by atoms with E-state index in [2.05, 4.69) is 5.32 Å². The minimum Gasteiger partial charge on any atom is -0.467 e. The van der Waals surface area contributed by atoms with E-state index in [0.717, 1.165) is 10.5 Å². The fraction of sp³-hybridized carbons (Fsp3) is 0.600. The highest BCUT2D eigenvalue weighted by Crippen LogP contribution is 2.16. The van der Waals surface area contributed by atoms with Crippen LogP contribution in [0.4, 0.5) is 0 Å². The number of benzene rings is 1. The van der Waals surface area contributed by atoms with Gasteiger partial charge in [0.1, 0.15) is 6.04 Å². The number of nitrogens with zero attached hydrogens (tertiary/aromatic N) is 1. The number of ether oxygens (including phenoxy) is 1. The van der Waals surface area contributed by atoms with Gasteiger partial charge in [-0.15, -0.1) is 0 Å². The van der Waals surface area contributed by atoms with Crippen molar-refractivity contribution in [3.63, 3.8) is 0 Å². The number of aryl methyl sites for hydroxylation is 1. The maximum atomic E-state index is 12.8. The summed E-state index contributed by atoms with van der Waals surface area (Å²) in [4.78, 5) is 25.5. The van der Waals surface area contributed by atoms with Crippen molar-refractivity contribution in [3.8, 4) is 0 Å². The molecule has 1 aliphatic heterocycles. The van der Waals surface area contributed by atoms with E-state index in [1.54, 1.807) is 24.3 Å². The number of carbonyl (C=O) groups excluding carboxylic acids is 2. The standard InChI is InChI=1S/C20H31N3O5S/c1-15(2)13-18(20(25)28-4)21-19(24)14-22-9-11-23(12-10-22)29(26,27)17-7-5-16(3)6-8-17/h5-8,15,18H,9-14H2,1-4H3,(H,21,24)/p+1/t18-/m1/s1. The van der Waals surface area contributed by atoms with Crippen LogP contribution >= 0.6 is 0 Å². The maximum Gasteiger partial charge on any atom is 0.328 e. The van der Waals surface area contributed by atoms with Crippen LogP contribution in [0.15, 0.2) is 29.2 Å². The second kappa shape index (κ2) is 10.2. The van der Waals surface area contributed by atoms with Gasteiger partial charge in [-0.3, -0.25) is 4.79 Å². The van der Waals surface area contributed by atoms with Crippen molar-refractivity contribution < 1.29 is 27.6 Å². The molecule has 0 aromatic heterocycles. The molecule has 1 saturated heterocycles. The maximum absolute atomic E-state index is 12.8. The molecule has 8 nitrogen and oxygen atoms in total.